The van der Waals surface area contributed by atoms with Crippen LogP contribution in [-0.4, -0.2) is 28.7 Å². The fourth-order valence-corrected chi connectivity index (χ4v) is 2.07. The molecular weight excluding hydrogens is 192 g/mol. The van der Waals surface area contributed by atoms with E-state index in [9.17, 15) is 9.90 Å². The van der Waals surface area contributed by atoms with Crippen LogP contribution in [0.25, 0.3) is 0 Å². The van der Waals surface area contributed by atoms with Crippen LogP contribution in [0.3, 0.4) is 0 Å². The maximum atomic E-state index is 11.8. The first-order valence-corrected chi connectivity index (χ1v) is 5.74. The summed E-state index contributed by atoms with van der Waals surface area (Å²) < 4.78 is 0. The van der Waals surface area contributed by atoms with Gasteiger partial charge in [-0.15, -0.1) is 0 Å². The van der Waals surface area contributed by atoms with Crippen LogP contribution < -0.4 is 11.1 Å². The Labute approximate surface area is 90.2 Å². The van der Waals surface area contributed by atoms with E-state index >= 15 is 0 Å². The van der Waals surface area contributed by atoms with Gasteiger partial charge >= 0.3 is 0 Å². The highest BCUT2D eigenvalue weighted by Crippen LogP contribution is 2.38. The van der Waals surface area contributed by atoms with Crippen LogP contribution in [0.2, 0.25) is 0 Å². The van der Waals surface area contributed by atoms with Crippen LogP contribution >= 0.6 is 0 Å². The zero-order valence-corrected chi connectivity index (χ0v) is 9.25. The van der Waals surface area contributed by atoms with E-state index in [2.05, 4.69) is 5.32 Å². The van der Waals surface area contributed by atoms with E-state index in [1.807, 2.05) is 0 Å². The van der Waals surface area contributed by atoms with E-state index in [4.69, 9.17) is 5.73 Å². The fraction of sp³-hybridized carbons (Fsp3) is 0.909. The van der Waals surface area contributed by atoms with Crippen LogP contribution in [0.15, 0.2) is 0 Å². The van der Waals surface area contributed by atoms with E-state index in [1.54, 1.807) is 6.92 Å². The lowest BCUT2D eigenvalue weighted by Crippen LogP contribution is -2.57. The Kier molecular flexibility index (Phi) is 2.51. The lowest BCUT2D eigenvalue weighted by atomic mass is 9.80. The molecule has 0 aromatic heterocycles. The Morgan fingerprint density at radius 2 is 2.20 bits per heavy atom. The molecule has 2 fully saturated rings. The average molecular weight is 212 g/mol. The Morgan fingerprint density at radius 1 is 1.60 bits per heavy atom. The maximum absolute atomic E-state index is 11.8. The van der Waals surface area contributed by atoms with Gasteiger partial charge in [0.15, 0.2) is 0 Å². The summed E-state index contributed by atoms with van der Waals surface area (Å²) in [6.07, 6.45) is 4.72. The molecule has 1 atom stereocenters. The van der Waals surface area contributed by atoms with Gasteiger partial charge in [-0.05, 0) is 44.9 Å². The van der Waals surface area contributed by atoms with Gasteiger partial charge in [0.2, 0.25) is 5.91 Å². The summed E-state index contributed by atoms with van der Waals surface area (Å²) >= 11 is 0. The van der Waals surface area contributed by atoms with Crippen molar-refractivity contribution in [1.82, 2.24) is 5.32 Å². The third kappa shape index (κ3) is 2.16. The fourth-order valence-electron chi connectivity index (χ4n) is 2.07. The van der Waals surface area contributed by atoms with Crippen molar-refractivity contribution in [2.75, 3.05) is 6.54 Å². The molecule has 1 unspecified atom stereocenters. The highest BCUT2D eigenvalue weighted by Gasteiger charge is 2.45. The molecule has 1 amide bonds. The largest absolute Gasteiger partial charge is 0.388 e. The van der Waals surface area contributed by atoms with Gasteiger partial charge in [-0.3, -0.25) is 4.79 Å². The molecule has 0 bridgehead atoms. The first kappa shape index (κ1) is 10.9. The number of rotatable bonds is 4. The Bertz CT molecular complexity index is 268. The van der Waals surface area contributed by atoms with Crippen molar-refractivity contribution in [3.63, 3.8) is 0 Å². The minimum absolute atomic E-state index is 0.120. The predicted octanol–water partition coefficient (Wildman–Crippen LogP) is 0.145. The average Bonchev–Trinajstić information content (AvgIpc) is 2.93. The van der Waals surface area contributed by atoms with E-state index < -0.39 is 11.1 Å². The zero-order valence-electron chi connectivity index (χ0n) is 9.25. The molecule has 2 rings (SSSR count). The number of hydrogen-bond acceptors (Lipinski definition) is 3. The molecule has 0 aromatic rings. The third-order valence-electron chi connectivity index (χ3n) is 3.78. The first-order chi connectivity index (χ1) is 6.94. The molecule has 86 valence electrons. The topological polar surface area (TPSA) is 75.4 Å². The molecule has 0 aromatic carbocycles. The lowest BCUT2D eigenvalue weighted by Gasteiger charge is -2.37. The Balaban J connectivity index is 1.81. The number of nitrogens with two attached hydrogens (primary N) is 1. The van der Waals surface area contributed by atoms with E-state index in [1.165, 1.54) is 0 Å². The van der Waals surface area contributed by atoms with Crippen LogP contribution in [0.1, 0.15) is 39.0 Å². The summed E-state index contributed by atoms with van der Waals surface area (Å²) in [6.45, 7) is 2.14. The highest BCUT2D eigenvalue weighted by molar-refractivity contribution is 5.86. The molecule has 0 spiro atoms. The van der Waals surface area contributed by atoms with E-state index in [-0.39, 0.29) is 5.91 Å². The molecule has 0 heterocycles. The molecule has 0 aliphatic heterocycles. The van der Waals surface area contributed by atoms with Crippen LogP contribution in [-0.2, 0) is 4.79 Å². The van der Waals surface area contributed by atoms with Crippen LogP contribution in [0.4, 0.5) is 0 Å². The molecule has 0 saturated heterocycles. The molecular formula is C11H20N2O2. The molecule has 4 N–H and O–H groups in total. The van der Waals surface area contributed by atoms with Gasteiger partial charge < -0.3 is 16.2 Å². The van der Waals surface area contributed by atoms with Crippen LogP contribution in [0.5, 0.6) is 0 Å². The van der Waals surface area contributed by atoms with Gasteiger partial charge in [-0.2, -0.15) is 0 Å². The monoisotopic (exact) mass is 212 g/mol. The van der Waals surface area contributed by atoms with E-state index in [0.717, 1.165) is 32.1 Å². The predicted molar refractivity (Wildman–Crippen MR) is 57.1 cm³/mol. The van der Waals surface area contributed by atoms with Gasteiger partial charge in [-0.25, -0.2) is 0 Å². The van der Waals surface area contributed by atoms with Crippen LogP contribution in [0, 0.1) is 5.92 Å². The van der Waals surface area contributed by atoms with E-state index in [0.29, 0.717) is 12.5 Å². The normalized spacial score (nSPS) is 27.7. The second-order valence-electron chi connectivity index (χ2n) is 5.32. The summed E-state index contributed by atoms with van der Waals surface area (Å²) in [4.78, 5) is 11.8. The number of aliphatic hydroxyl groups is 1. The summed E-state index contributed by atoms with van der Waals surface area (Å²) in [7, 11) is 0. The van der Waals surface area contributed by atoms with Gasteiger partial charge in [0, 0.05) is 6.54 Å². The summed E-state index contributed by atoms with van der Waals surface area (Å²) in [5.74, 6) is 0.207. The van der Waals surface area contributed by atoms with Crippen molar-refractivity contribution in [3.05, 3.63) is 0 Å². The molecule has 0 radical (unpaired) electrons. The molecule has 4 nitrogen and oxygen atoms in total. The SMILES string of the molecule is CC(N)(C(=O)NCC1(O)CCC1)C1CC1. The summed E-state index contributed by atoms with van der Waals surface area (Å²) in [5.41, 5.74) is 4.55. The smallest absolute Gasteiger partial charge is 0.240 e. The molecule has 15 heavy (non-hydrogen) atoms. The Morgan fingerprint density at radius 3 is 2.60 bits per heavy atom. The van der Waals surface area contributed by atoms with Gasteiger partial charge in [-0.1, -0.05) is 0 Å². The number of carbonyl (C=O) groups is 1. The van der Waals surface area contributed by atoms with Crippen molar-refractivity contribution in [2.45, 2.75) is 50.2 Å². The third-order valence-corrected chi connectivity index (χ3v) is 3.78. The molecule has 4 heteroatoms. The minimum atomic E-state index is -0.750. The number of nitrogens with one attached hydrogen (secondary N) is 1. The summed E-state index contributed by atoms with van der Waals surface area (Å²) in [5, 5.41) is 12.6. The first-order valence-electron chi connectivity index (χ1n) is 5.74. The minimum Gasteiger partial charge on any atom is -0.388 e. The lowest BCUT2D eigenvalue weighted by molar-refractivity contribution is -0.128. The number of amides is 1. The summed E-state index contributed by atoms with van der Waals surface area (Å²) in [6, 6.07) is 0. The van der Waals surface area contributed by atoms with Gasteiger partial charge in [0.25, 0.3) is 0 Å². The number of hydrogen-bond donors (Lipinski definition) is 3. The maximum Gasteiger partial charge on any atom is 0.240 e. The van der Waals surface area contributed by atoms with Crippen molar-refractivity contribution >= 4 is 5.91 Å². The van der Waals surface area contributed by atoms with Crippen molar-refractivity contribution in [2.24, 2.45) is 11.7 Å². The standard InChI is InChI=1S/C11H20N2O2/c1-10(12,8-3-4-8)9(14)13-7-11(15)5-2-6-11/h8,15H,2-7,12H2,1H3,(H,13,14). The molecule has 2 aliphatic carbocycles. The zero-order chi connectivity index (χ0) is 11.1. The Hall–Kier alpha value is -0.610. The molecule has 2 aliphatic rings. The second kappa shape index (κ2) is 3.46. The van der Waals surface area contributed by atoms with Gasteiger partial charge in [0.1, 0.15) is 0 Å². The highest BCUT2D eigenvalue weighted by atomic mass is 16.3. The second-order valence-corrected chi connectivity index (χ2v) is 5.32. The van der Waals surface area contributed by atoms with Crippen molar-refractivity contribution in [3.8, 4) is 0 Å². The number of carbonyl (C=O) groups excluding carboxylic acids is 1. The van der Waals surface area contributed by atoms with Crippen molar-refractivity contribution < 1.29 is 9.90 Å². The van der Waals surface area contributed by atoms with Crippen molar-refractivity contribution in [1.29, 1.82) is 0 Å². The van der Waals surface area contributed by atoms with Gasteiger partial charge in [0.05, 0.1) is 11.1 Å². The quantitative estimate of drug-likeness (QED) is 0.620. The molecule has 2 saturated carbocycles.